The molecule has 0 aromatic heterocycles. The number of halogens is 2. The molecule has 1 aliphatic heterocycles. The van der Waals surface area contributed by atoms with Gasteiger partial charge in [0, 0.05) is 12.6 Å². The lowest BCUT2D eigenvalue weighted by Gasteiger charge is -2.21. The third-order valence-electron chi connectivity index (χ3n) is 2.47. The topological polar surface area (TPSA) is 29.3 Å². The van der Waals surface area contributed by atoms with E-state index in [1.165, 1.54) is 25.9 Å². The van der Waals surface area contributed by atoms with Crippen molar-refractivity contribution in [2.75, 3.05) is 19.6 Å². The minimum absolute atomic E-state index is 0. The van der Waals surface area contributed by atoms with Crippen molar-refractivity contribution < 1.29 is 0 Å². The Morgan fingerprint density at radius 2 is 1.64 bits per heavy atom. The molecule has 4 heteroatoms. The molecule has 2 N–H and O–H groups in total. The number of rotatable bonds is 4. The largest absolute Gasteiger partial charge is 0.327 e. The van der Waals surface area contributed by atoms with Crippen molar-refractivity contribution in [3.63, 3.8) is 0 Å². The molecule has 1 heterocycles. The van der Waals surface area contributed by atoms with Gasteiger partial charge in [-0.15, -0.1) is 24.8 Å². The van der Waals surface area contributed by atoms with Gasteiger partial charge in [-0.1, -0.05) is 13.8 Å². The minimum Gasteiger partial charge on any atom is -0.327 e. The molecule has 0 aliphatic carbocycles. The van der Waals surface area contributed by atoms with Crippen LogP contribution in [0.5, 0.6) is 0 Å². The number of likely N-dealkylation sites (tertiary alicyclic amines) is 1. The molecule has 1 aliphatic rings. The van der Waals surface area contributed by atoms with E-state index in [4.69, 9.17) is 5.73 Å². The summed E-state index contributed by atoms with van der Waals surface area (Å²) < 4.78 is 0. The van der Waals surface area contributed by atoms with E-state index < -0.39 is 0 Å². The average Bonchev–Trinajstić information content (AvgIpc) is 2.37. The molecule has 0 bridgehead atoms. The zero-order chi connectivity index (χ0) is 8.97. The van der Waals surface area contributed by atoms with Crippen LogP contribution in [-0.4, -0.2) is 30.6 Å². The minimum atomic E-state index is 0. The van der Waals surface area contributed by atoms with E-state index in [1.54, 1.807) is 0 Å². The molecule has 0 aromatic carbocycles. The number of nitrogens with two attached hydrogens (primary N) is 1. The lowest BCUT2D eigenvalue weighted by Crippen LogP contribution is -2.36. The predicted octanol–water partition coefficient (Wildman–Crippen LogP) is 2.30. The Kier molecular flexibility index (Phi) is 10.6. The molecule has 1 unspecified atom stereocenters. The van der Waals surface area contributed by atoms with Gasteiger partial charge in [0.25, 0.3) is 0 Å². The Balaban J connectivity index is 0. The van der Waals surface area contributed by atoms with Gasteiger partial charge >= 0.3 is 0 Å². The first-order chi connectivity index (χ1) is 5.68. The van der Waals surface area contributed by atoms with Gasteiger partial charge in [0.15, 0.2) is 0 Å². The van der Waals surface area contributed by atoms with E-state index in [9.17, 15) is 0 Å². The summed E-state index contributed by atoms with van der Waals surface area (Å²) in [4.78, 5) is 2.49. The van der Waals surface area contributed by atoms with E-state index in [-0.39, 0.29) is 24.8 Å². The predicted molar refractivity (Wildman–Crippen MR) is 67.6 cm³/mol. The van der Waals surface area contributed by atoms with Gasteiger partial charge in [-0.3, -0.25) is 0 Å². The van der Waals surface area contributed by atoms with Crippen LogP contribution in [-0.2, 0) is 0 Å². The van der Waals surface area contributed by atoms with Gasteiger partial charge in [0.1, 0.15) is 0 Å². The summed E-state index contributed by atoms with van der Waals surface area (Å²) in [5, 5.41) is 0. The second kappa shape index (κ2) is 8.78. The molecule has 0 saturated carbocycles. The van der Waals surface area contributed by atoms with Gasteiger partial charge in [-0.2, -0.15) is 0 Å². The number of hydrogen-bond donors (Lipinski definition) is 1. The van der Waals surface area contributed by atoms with E-state index in [0.29, 0.717) is 6.04 Å². The van der Waals surface area contributed by atoms with E-state index >= 15 is 0 Å². The second-order valence-corrected chi connectivity index (χ2v) is 4.40. The summed E-state index contributed by atoms with van der Waals surface area (Å²) in [7, 11) is 0. The Labute approximate surface area is 100 Å². The standard InChI is InChI=1S/C10H22N2.2ClH/c1-9(2)7-10(11)8-12-5-3-4-6-12;;/h9-10H,3-8,11H2,1-2H3;2*1H. The zero-order valence-electron chi connectivity index (χ0n) is 9.24. The molecule has 0 radical (unpaired) electrons. The summed E-state index contributed by atoms with van der Waals surface area (Å²) in [5.74, 6) is 0.739. The lowest BCUT2D eigenvalue weighted by molar-refractivity contribution is 0.296. The van der Waals surface area contributed by atoms with Crippen molar-refractivity contribution in [3.8, 4) is 0 Å². The highest BCUT2D eigenvalue weighted by atomic mass is 35.5. The first-order valence-electron chi connectivity index (χ1n) is 5.16. The molecular weight excluding hydrogens is 219 g/mol. The molecule has 0 amide bonds. The maximum Gasteiger partial charge on any atom is 0.0170 e. The van der Waals surface area contributed by atoms with Crippen molar-refractivity contribution in [1.82, 2.24) is 4.90 Å². The van der Waals surface area contributed by atoms with Gasteiger partial charge in [-0.25, -0.2) is 0 Å². The third-order valence-corrected chi connectivity index (χ3v) is 2.47. The summed E-state index contributed by atoms with van der Waals surface area (Å²) in [6.07, 6.45) is 3.90. The quantitative estimate of drug-likeness (QED) is 0.820. The van der Waals surface area contributed by atoms with Crippen molar-refractivity contribution in [2.24, 2.45) is 11.7 Å². The summed E-state index contributed by atoms with van der Waals surface area (Å²) in [6.45, 7) is 8.13. The van der Waals surface area contributed by atoms with Crippen molar-refractivity contribution >= 4 is 24.8 Å². The molecule has 2 nitrogen and oxygen atoms in total. The SMILES string of the molecule is CC(C)CC(N)CN1CCCC1.Cl.Cl. The summed E-state index contributed by atoms with van der Waals surface area (Å²) >= 11 is 0. The van der Waals surface area contributed by atoms with Crippen LogP contribution >= 0.6 is 24.8 Å². The fraction of sp³-hybridized carbons (Fsp3) is 1.00. The maximum absolute atomic E-state index is 6.01. The maximum atomic E-state index is 6.01. The van der Waals surface area contributed by atoms with Crippen LogP contribution in [0.15, 0.2) is 0 Å². The monoisotopic (exact) mass is 242 g/mol. The van der Waals surface area contributed by atoms with Crippen molar-refractivity contribution in [1.29, 1.82) is 0 Å². The average molecular weight is 243 g/mol. The molecule has 0 spiro atoms. The Bertz CT molecular complexity index is 125. The van der Waals surface area contributed by atoms with Crippen molar-refractivity contribution in [3.05, 3.63) is 0 Å². The molecule has 88 valence electrons. The summed E-state index contributed by atoms with van der Waals surface area (Å²) in [6, 6.07) is 0.392. The van der Waals surface area contributed by atoms with Crippen LogP contribution < -0.4 is 5.73 Å². The van der Waals surface area contributed by atoms with Gasteiger partial charge in [0.2, 0.25) is 0 Å². The Hall–Kier alpha value is 0.500. The zero-order valence-corrected chi connectivity index (χ0v) is 10.9. The molecule has 1 rings (SSSR count). The number of nitrogens with zero attached hydrogens (tertiary/aromatic N) is 1. The Morgan fingerprint density at radius 3 is 2.07 bits per heavy atom. The normalized spacial score (nSPS) is 18.9. The molecule has 0 aromatic rings. The van der Waals surface area contributed by atoms with Crippen molar-refractivity contribution in [2.45, 2.75) is 39.2 Å². The second-order valence-electron chi connectivity index (χ2n) is 4.40. The highest BCUT2D eigenvalue weighted by molar-refractivity contribution is 5.85. The molecule has 1 fully saturated rings. The van der Waals surface area contributed by atoms with Gasteiger partial charge in [-0.05, 0) is 38.3 Å². The Morgan fingerprint density at radius 1 is 1.14 bits per heavy atom. The highest BCUT2D eigenvalue weighted by Crippen LogP contribution is 2.10. The first kappa shape index (κ1) is 16.9. The van der Waals surface area contributed by atoms with Crippen LogP contribution in [0.4, 0.5) is 0 Å². The first-order valence-corrected chi connectivity index (χ1v) is 5.16. The van der Waals surface area contributed by atoms with E-state index in [1.807, 2.05) is 0 Å². The molecule has 14 heavy (non-hydrogen) atoms. The molecule has 1 atom stereocenters. The fourth-order valence-corrected chi connectivity index (χ4v) is 1.98. The van der Waals surface area contributed by atoms with Crippen LogP contribution in [0, 0.1) is 5.92 Å². The lowest BCUT2D eigenvalue weighted by atomic mass is 10.0. The fourth-order valence-electron chi connectivity index (χ4n) is 1.98. The van der Waals surface area contributed by atoms with Crippen LogP contribution in [0.3, 0.4) is 0 Å². The molecular formula is C10H24Cl2N2. The van der Waals surface area contributed by atoms with E-state index in [2.05, 4.69) is 18.7 Å². The van der Waals surface area contributed by atoms with Gasteiger partial charge in [0.05, 0.1) is 0 Å². The molecule has 1 saturated heterocycles. The highest BCUT2D eigenvalue weighted by Gasteiger charge is 2.15. The van der Waals surface area contributed by atoms with E-state index in [0.717, 1.165) is 18.9 Å². The smallest absolute Gasteiger partial charge is 0.0170 e. The van der Waals surface area contributed by atoms with Crippen LogP contribution in [0.2, 0.25) is 0 Å². The number of hydrogen-bond acceptors (Lipinski definition) is 2. The van der Waals surface area contributed by atoms with Gasteiger partial charge < -0.3 is 10.6 Å². The third kappa shape index (κ3) is 6.88. The van der Waals surface area contributed by atoms with Crippen LogP contribution in [0.1, 0.15) is 33.1 Å². The summed E-state index contributed by atoms with van der Waals surface area (Å²) in [5.41, 5.74) is 6.01. The van der Waals surface area contributed by atoms with Crippen LogP contribution in [0.25, 0.3) is 0 Å².